The highest BCUT2D eigenvalue weighted by molar-refractivity contribution is 5.31. The fourth-order valence-corrected chi connectivity index (χ4v) is 3.36. The summed E-state index contributed by atoms with van der Waals surface area (Å²) >= 11 is 0. The molecule has 0 bridgehead atoms. The van der Waals surface area contributed by atoms with Crippen LogP contribution in [0.2, 0.25) is 0 Å². The molecule has 0 N–H and O–H groups in total. The van der Waals surface area contributed by atoms with E-state index in [1.54, 1.807) is 0 Å². The Morgan fingerprint density at radius 3 is 1.61 bits per heavy atom. The predicted octanol–water partition coefficient (Wildman–Crippen LogP) is 7.69. The molecule has 0 aliphatic carbocycles. The molecule has 0 fully saturated rings. The van der Waals surface area contributed by atoms with E-state index in [0.717, 1.165) is 11.5 Å². The second kappa shape index (κ2) is 9.03. The average Bonchev–Trinajstić information content (AvgIpc) is 2.59. The van der Waals surface area contributed by atoms with Gasteiger partial charge in [0.05, 0.1) is 0 Å². The van der Waals surface area contributed by atoms with Crippen LogP contribution in [-0.2, 0) is 0 Å². The molecule has 2 atom stereocenters. The highest BCUT2D eigenvalue weighted by atomic mass is 16.7. The quantitative estimate of drug-likeness (QED) is 0.457. The van der Waals surface area contributed by atoms with E-state index in [4.69, 9.17) is 9.47 Å². The van der Waals surface area contributed by atoms with Gasteiger partial charge in [0.2, 0.25) is 6.29 Å². The van der Waals surface area contributed by atoms with Crippen LogP contribution in [0.1, 0.15) is 73.3 Å². The Hall–Kier alpha value is -1.96. The van der Waals surface area contributed by atoms with Crippen molar-refractivity contribution in [1.29, 1.82) is 0 Å². The molecular formula is C26H38O2. The molecular weight excluding hydrogens is 344 g/mol. The van der Waals surface area contributed by atoms with Crippen molar-refractivity contribution in [1.82, 2.24) is 0 Å². The van der Waals surface area contributed by atoms with Gasteiger partial charge < -0.3 is 9.47 Å². The highest BCUT2D eigenvalue weighted by Gasteiger charge is 2.30. The van der Waals surface area contributed by atoms with Gasteiger partial charge in [-0.25, -0.2) is 0 Å². The van der Waals surface area contributed by atoms with E-state index in [2.05, 4.69) is 79.7 Å². The molecule has 0 heterocycles. The van der Waals surface area contributed by atoms with Gasteiger partial charge in [-0.1, -0.05) is 85.7 Å². The minimum Gasteiger partial charge on any atom is -0.454 e. The van der Waals surface area contributed by atoms with Crippen LogP contribution in [0.5, 0.6) is 11.5 Å². The minimum atomic E-state index is -0.366. The van der Waals surface area contributed by atoms with Gasteiger partial charge in [0.25, 0.3) is 0 Å². The first-order valence-corrected chi connectivity index (χ1v) is 10.4. The van der Waals surface area contributed by atoms with Gasteiger partial charge >= 0.3 is 0 Å². The molecule has 0 aliphatic rings. The number of ether oxygens (including phenoxy) is 2. The SMILES string of the molecule is CC(C)CC(c1ccc(OC(Oc2ccccc2)C(C)(C)C)cc1)C(C)(C)C. The number of hydrogen-bond donors (Lipinski definition) is 0. The van der Waals surface area contributed by atoms with Crippen molar-refractivity contribution in [3.8, 4) is 11.5 Å². The first-order valence-electron chi connectivity index (χ1n) is 10.4. The predicted molar refractivity (Wildman–Crippen MR) is 119 cm³/mol. The second-order valence-electron chi connectivity index (χ2n) is 10.4. The van der Waals surface area contributed by atoms with Crippen LogP contribution in [-0.4, -0.2) is 6.29 Å². The summed E-state index contributed by atoms with van der Waals surface area (Å²) in [6.07, 6.45) is 0.820. The van der Waals surface area contributed by atoms with Crippen molar-refractivity contribution < 1.29 is 9.47 Å². The van der Waals surface area contributed by atoms with E-state index in [9.17, 15) is 0 Å². The molecule has 0 spiro atoms. The molecule has 154 valence electrons. The Morgan fingerprint density at radius 1 is 0.679 bits per heavy atom. The monoisotopic (exact) mass is 382 g/mol. The van der Waals surface area contributed by atoms with Crippen molar-refractivity contribution in [3.05, 3.63) is 60.2 Å². The Labute approximate surface area is 172 Å². The molecule has 0 amide bonds. The average molecular weight is 383 g/mol. The van der Waals surface area contributed by atoms with Gasteiger partial charge in [-0.3, -0.25) is 0 Å². The van der Waals surface area contributed by atoms with Crippen molar-refractivity contribution in [2.24, 2.45) is 16.7 Å². The van der Waals surface area contributed by atoms with E-state index in [0.29, 0.717) is 11.8 Å². The zero-order valence-electron chi connectivity index (χ0n) is 19.0. The molecule has 28 heavy (non-hydrogen) atoms. The Morgan fingerprint density at radius 2 is 1.18 bits per heavy atom. The summed E-state index contributed by atoms with van der Waals surface area (Å²) in [5.41, 5.74) is 1.46. The van der Waals surface area contributed by atoms with Gasteiger partial charge in [-0.05, 0) is 53.5 Å². The fraction of sp³-hybridized carbons (Fsp3) is 0.538. The topological polar surface area (TPSA) is 18.5 Å². The van der Waals surface area contributed by atoms with Crippen LogP contribution in [0.3, 0.4) is 0 Å². The van der Waals surface area contributed by atoms with E-state index in [-0.39, 0.29) is 17.1 Å². The summed E-state index contributed by atoms with van der Waals surface area (Å²) in [5, 5.41) is 0. The lowest BCUT2D eigenvalue weighted by Crippen LogP contribution is -2.37. The largest absolute Gasteiger partial charge is 0.454 e. The summed E-state index contributed by atoms with van der Waals surface area (Å²) in [7, 11) is 0. The van der Waals surface area contributed by atoms with E-state index in [1.165, 1.54) is 12.0 Å². The lowest BCUT2D eigenvalue weighted by Gasteiger charge is -2.33. The maximum atomic E-state index is 6.26. The van der Waals surface area contributed by atoms with Crippen LogP contribution >= 0.6 is 0 Å². The Kier molecular flexibility index (Phi) is 7.20. The molecule has 0 aliphatic heterocycles. The van der Waals surface area contributed by atoms with Crippen molar-refractivity contribution in [2.45, 2.75) is 74.0 Å². The van der Waals surface area contributed by atoms with Gasteiger partial charge in [-0.2, -0.15) is 0 Å². The normalized spacial score (nSPS) is 14.6. The first-order chi connectivity index (χ1) is 13.0. The summed E-state index contributed by atoms with van der Waals surface area (Å²) in [6, 6.07) is 18.5. The molecule has 2 nitrogen and oxygen atoms in total. The third-order valence-electron chi connectivity index (χ3n) is 4.97. The minimum absolute atomic E-state index is 0.153. The van der Waals surface area contributed by atoms with Crippen LogP contribution in [0, 0.1) is 16.7 Å². The molecule has 0 saturated carbocycles. The maximum Gasteiger partial charge on any atom is 0.245 e. The maximum absolute atomic E-state index is 6.26. The molecule has 2 aromatic carbocycles. The number of para-hydroxylation sites is 1. The zero-order chi connectivity index (χ0) is 20.9. The summed E-state index contributed by atoms with van der Waals surface area (Å²) < 4.78 is 12.4. The molecule has 2 unspecified atom stereocenters. The van der Waals surface area contributed by atoms with Crippen LogP contribution in [0.25, 0.3) is 0 Å². The van der Waals surface area contributed by atoms with Gasteiger partial charge in [0.15, 0.2) is 0 Å². The second-order valence-corrected chi connectivity index (χ2v) is 10.4. The lowest BCUT2D eigenvalue weighted by atomic mass is 9.72. The van der Waals surface area contributed by atoms with Crippen LogP contribution in [0.4, 0.5) is 0 Å². The fourth-order valence-electron chi connectivity index (χ4n) is 3.36. The first kappa shape index (κ1) is 22.3. The third-order valence-corrected chi connectivity index (χ3v) is 4.97. The van der Waals surface area contributed by atoms with Crippen LogP contribution < -0.4 is 9.47 Å². The van der Waals surface area contributed by atoms with Gasteiger partial charge in [0.1, 0.15) is 11.5 Å². The summed E-state index contributed by atoms with van der Waals surface area (Å²) in [4.78, 5) is 0. The Balaban J connectivity index is 2.18. The molecule has 2 rings (SSSR count). The molecule has 0 saturated heterocycles. The van der Waals surface area contributed by atoms with Gasteiger partial charge in [-0.15, -0.1) is 0 Å². The van der Waals surface area contributed by atoms with Crippen molar-refractivity contribution in [2.75, 3.05) is 0 Å². The summed E-state index contributed by atoms with van der Waals surface area (Å²) in [6.45, 7) is 18.0. The highest BCUT2D eigenvalue weighted by Crippen LogP contribution is 2.40. The van der Waals surface area contributed by atoms with Crippen LogP contribution in [0.15, 0.2) is 54.6 Å². The Bertz CT molecular complexity index is 703. The number of hydrogen-bond acceptors (Lipinski definition) is 2. The molecule has 0 radical (unpaired) electrons. The van der Waals surface area contributed by atoms with E-state index >= 15 is 0 Å². The van der Waals surface area contributed by atoms with Crippen molar-refractivity contribution in [3.63, 3.8) is 0 Å². The van der Waals surface area contributed by atoms with E-state index < -0.39 is 0 Å². The standard InChI is InChI=1S/C26H38O2/c1-19(2)18-23(25(3,4)5)20-14-16-22(17-15-20)28-24(26(6,7)8)27-21-12-10-9-11-13-21/h9-17,19,23-24H,18H2,1-8H3. The molecule has 2 heteroatoms. The smallest absolute Gasteiger partial charge is 0.245 e. The third kappa shape index (κ3) is 6.58. The zero-order valence-corrected chi connectivity index (χ0v) is 19.0. The number of rotatable bonds is 7. The van der Waals surface area contributed by atoms with Crippen molar-refractivity contribution >= 4 is 0 Å². The molecule has 0 aromatic heterocycles. The lowest BCUT2D eigenvalue weighted by molar-refractivity contribution is -0.0727. The van der Waals surface area contributed by atoms with E-state index in [1.807, 2.05) is 30.3 Å². The molecule has 2 aromatic rings. The van der Waals surface area contributed by atoms with Gasteiger partial charge in [0, 0.05) is 5.41 Å². The summed E-state index contributed by atoms with van der Waals surface area (Å²) in [5.74, 6) is 2.87. The number of benzene rings is 2.